The molecule has 1 fully saturated rings. The van der Waals surface area contributed by atoms with Gasteiger partial charge in [-0.3, -0.25) is 4.39 Å². The molecule has 4 nitrogen and oxygen atoms in total. The van der Waals surface area contributed by atoms with Gasteiger partial charge in [0.1, 0.15) is 11.5 Å². The van der Waals surface area contributed by atoms with Crippen molar-refractivity contribution in [1.82, 2.24) is 0 Å². The summed E-state index contributed by atoms with van der Waals surface area (Å²) in [6.45, 7) is 11.4. The quantitative estimate of drug-likeness (QED) is 0.693. The number of ether oxygens (including phenoxy) is 1. The fraction of sp³-hybridized carbons (Fsp3) is 0.700. The van der Waals surface area contributed by atoms with Crippen LogP contribution < -0.4 is 11.5 Å². The molecular weight excluding hydrogens is 319 g/mol. The van der Waals surface area contributed by atoms with Crippen LogP contribution in [0.1, 0.15) is 64.7 Å². The molecule has 1 heterocycles. The van der Waals surface area contributed by atoms with Crippen LogP contribution in [0.2, 0.25) is 0 Å². The van der Waals surface area contributed by atoms with Crippen LogP contribution in [0.25, 0.3) is 0 Å². The molecule has 0 bridgehead atoms. The van der Waals surface area contributed by atoms with Crippen molar-refractivity contribution in [3.05, 3.63) is 35.5 Å². The Kier molecular flexibility index (Phi) is 19.7. The van der Waals surface area contributed by atoms with Gasteiger partial charge >= 0.3 is 0 Å². The Hall–Kier alpha value is -1.33. The van der Waals surface area contributed by atoms with Crippen molar-refractivity contribution in [2.75, 3.05) is 19.8 Å². The third-order valence-electron chi connectivity index (χ3n) is 3.14. The fourth-order valence-corrected chi connectivity index (χ4v) is 1.44. The zero-order chi connectivity index (χ0) is 19.5. The molecule has 1 aromatic rings. The first-order valence-corrected chi connectivity index (χ1v) is 9.31. The molecule has 1 aliphatic carbocycles. The van der Waals surface area contributed by atoms with E-state index >= 15 is 0 Å². The molecule has 0 aromatic carbocycles. The van der Waals surface area contributed by atoms with Crippen LogP contribution >= 0.6 is 0 Å². The summed E-state index contributed by atoms with van der Waals surface area (Å²) in [6.07, 6.45) is 8.69. The second kappa shape index (κ2) is 19.0. The summed E-state index contributed by atoms with van der Waals surface area (Å²) in [7, 11) is 0. The molecule has 1 aromatic heterocycles. The van der Waals surface area contributed by atoms with E-state index in [0.717, 1.165) is 42.4 Å². The summed E-state index contributed by atoms with van der Waals surface area (Å²) in [6, 6.07) is 1.90. The number of allylic oxidation sites excluding steroid dienone is 1. The smallest absolute Gasteiger partial charge is 0.120 e. The van der Waals surface area contributed by atoms with Crippen molar-refractivity contribution in [3.8, 4) is 0 Å². The van der Waals surface area contributed by atoms with Crippen molar-refractivity contribution >= 4 is 0 Å². The average molecular weight is 359 g/mol. The molecule has 5 heteroatoms. The Bertz CT molecular complexity index is 416. The van der Waals surface area contributed by atoms with Crippen LogP contribution in [0.4, 0.5) is 4.39 Å². The van der Waals surface area contributed by atoms with E-state index in [0.29, 0.717) is 13.1 Å². The Balaban J connectivity index is 0. The van der Waals surface area contributed by atoms with Crippen LogP contribution in [-0.4, -0.2) is 19.8 Å². The number of hydrogen-bond donors (Lipinski definition) is 2. The van der Waals surface area contributed by atoms with Gasteiger partial charge < -0.3 is 20.6 Å². The minimum absolute atomic E-state index is 0.250. The second-order valence-electron chi connectivity index (χ2n) is 5.81. The molecule has 0 spiro atoms. The zero-order valence-corrected chi connectivity index (χ0v) is 16.8. The minimum atomic E-state index is -0.250. The summed E-state index contributed by atoms with van der Waals surface area (Å²) >= 11 is 0. The van der Waals surface area contributed by atoms with Gasteiger partial charge in [0, 0.05) is 0 Å². The van der Waals surface area contributed by atoms with E-state index in [9.17, 15) is 4.39 Å². The fourth-order valence-electron chi connectivity index (χ4n) is 1.44. The lowest BCUT2D eigenvalue weighted by Gasteiger charge is -2.05. The van der Waals surface area contributed by atoms with E-state index < -0.39 is 0 Å². The summed E-state index contributed by atoms with van der Waals surface area (Å²) < 4.78 is 20.6. The van der Waals surface area contributed by atoms with Gasteiger partial charge in [-0.25, -0.2) is 0 Å². The highest BCUT2D eigenvalue weighted by Crippen LogP contribution is 2.26. The normalized spacial score (nSPS) is 12.7. The topological polar surface area (TPSA) is 74.4 Å². The monoisotopic (exact) mass is 358 g/mol. The summed E-state index contributed by atoms with van der Waals surface area (Å²) in [5, 5.41) is 0. The lowest BCUT2D eigenvalue weighted by molar-refractivity contribution is 0.209. The molecule has 2 rings (SSSR count). The van der Waals surface area contributed by atoms with Crippen LogP contribution in [0, 0.1) is 12.8 Å². The molecule has 0 atom stereocenters. The summed E-state index contributed by atoms with van der Waals surface area (Å²) in [5.74, 6) is 2.88. The first-order valence-electron chi connectivity index (χ1n) is 9.31. The Morgan fingerprint density at radius 3 is 2.12 bits per heavy atom. The van der Waals surface area contributed by atoms with Gasteiger partial charge in [0.05, 0.1) is 32.6 Å². The van der Waals surface area contributed by atoms with Crippen molar-refractivity contribution in [1.29, 1.82) is 0 Å². The molecule has 0 unspecified atom stereocenters. The van der Waals surface area contributed by atoms with Gasteiger partial charge in [0.2, 0.25) is 0 Å². The van der Waals surface area contributed by atoms with Gasteiger partial charge in [0.25, 0.3) is 0 Å². The zero-order valence-electron chi connectivity index (χ0n) is 16.8. The third-order valence-corrected chi connectivity index (χ3v) is 3.14. The Labute approximate surface area is 153 Å². The molecular formula is C20H39FN2O2. The summed E-state index contributed by atoms with van der Waals surface area (Å²) in [4.78, 5) is 0. The van der Waals surface area contributed by atoms with E-state index in [1.807, 2.05) is 19.1 Å². The molecule has 1 saturated carbocycles. The molecule has 0 amide bonds. The number of furan rings is 1. The van der Waals surface area contributed by atoms with Gasteiger partial charge in [-0.1, -0.05) is 33.6 Å². The number of hydrogen-bond acceptors (Lipinski definition) is 4. The van der Waals surface area contributed by atoms with Gasteiger partial charge in [0.15, 0.2) is 0 Å². The van der Waals surface area contributed by atoms with Gasteiger partial charge in [-0.2, -0.15) is 0 Å². The highest BCUT2D eigenvalue weighted by atomic mass is 19.1. The van der Waals surface area contributed by atoms with E-state index in [2.05, 4.69) is 20.8 Å². The number of aryl methyl sites for hydroxylation is 1. The number of rotatable bonds is 6. The maximum absolute atomic E-state index is 10.3. The number of alkyl halides is 1. The molecule has 25 heavy (non-hydrogen) atoms. The van der Waals surface area contributed by atoms with Crippen molar-refractivity contribution in [3.63, 3.8) is 0 Å². The maximum Gasteiger partial charge on any atom is 0.120 e. The predicted molar refractivity (Wildman–Crippen MR) is 105 cm³/mol. The van der Waals surface area contributed by atoms with Crippen molar-refractivity contribution < 1.29 is 13.5 Å². The van der Waals surface area contributed by atoms with Crippen LogP contribution in [-0.2, 0) is 11.3 Å². The van der Waals surface area contributed by atoms with E-state index in [4.69, 9.17) is 20.6 Å². The molecule has 4 N–H and O–H groups in total. The summed E-state index contributed by atoms with van der Waals surface area (Å²) in [5.41, 5.74) is 11.8. The second-order valence-corrected chi connectivity index (χ2v) is 5.81. The highest BCUT2D eigenvalue weighted by molar-refractivity contribution is 5.13. The average Bonchev–Trinajstić information content (AvgIpc) is 3.27. The molecule has 0 aliphatic heterocycles. The van der Waals surface area contributed by atoms with Crippen LogP contribution in [0.3, 0.4) is 0 Å². The van der Waals surface area contributed by atoms with Crippen LogP contribution in [0.5, 0.6) is 0 Å². The first-order chi connectivity index (χ1) is 12.0. The highest BCUT2D eigenvalue weighted by Gasteiger charge is 2.12. The van der Waals surface area contributed by atoms with Crippen molar-refractivity contribution in [2.24, 2.45) is 17.4 Å². The maximum atomic E-state index is 10.3. The standard InChI is InChI=1S/C8H17NO.C6H9NO.C4H8.C2H5F/c1-3-5-8(7-9)10-6-4-2;1-5-2-3-8-6(5)4-7;1-4-2-3-4;1-2-3/h5H,3-4,6-7,9H2,1-2H3;2-3H,4,7H2,1H3;4H,2-3H2,1H3;2H2,1H3/b8-5-;;;. The minimum Gasteiger partial charge on any atom is -0.497 e. The Morgan fingerprint density at radius 2 is 1.88 bits per heavy atom. The molecule has 1 aliphatic rings. The SMILES string of the molecule is CC/C=C(/CN)OCCC.CC1CC1.CCF.Cc1ccoc1CN. The Morgan fingerprint density at radius 1 is 1.32 bits per heavy atom. The van der Waals surface area contributed by atoms with E-state index in [1.54, 1.807) is 6.26 Å². The van der Waals surface area contributed by atoms with Crippen LogP contribution in [0.15, 0.2) is 28.6 Å². The molecule has 0 radical (unpaired) electrons. The lowest BCUT2D eigenvalue weighted by Crippen LogP contribution is -2.07. The largest absolute Gasteiger partial charge is 0.497 e. The first kappa shape index (κ1) is 25.9. The molecule has 148 valence electrons. The van der Waals surface area contributed by atoms with Gasteiger partial charge in [-0.05, 0) is 50.3 Å². The number of halogens is 1. The molecule has 0 saturated heterocycles. The predicted octanol–water partition coefficient (Wildman–Crippen LogP) is 5.10. The van der Waals surface area contributed by atoms with Crippen molar-refractivity contribution in [2.45, 2.75) is 66.8 Å². The third kappa shape index (κ3) is 18.8. The lowest BCUT2D eigenvalue weighted by atomic mass is 10.3. The van der Waals surface area contributed by atoms with E-state index in [1.165, 1.54) is 19.8 Å². The number of nitrogens with two attached hydrogens (primary N) is 2. The van der Waals surface area contributed by atoms with E-state index in [-0.39, 0.29) is 6.67 Å². The van der Waals surface area contributed by atoms with Gasteiger partial charge in [-0.15, -0.1) is 0 Å².